The molecule has 7 heteroatoms. The maximum Gasteiger partial charge on any atom is 0.407 e. The van der Waals surface area contributed by atoms with Crippen molar-refractivity contribution in [2.24, 2.45) is 0 Å². The van der Waals surface area contributed by atoms with Gasteiger partial charge in [0.2, 0.25) is 0 Å². The van der Waals surface area contributed by atoms with Gasteiger partial charge in [0.05, 0.1) is 19.1 Å². The average Bonchev–Trinajstić information content (AvgIpc) is 2.98. The van der Waals surface area contributed by atoms with Crippen molar-refractivity contribution in [1.29, 1.82) is 0 Å². The molecular weight excluding hydrogens is 366 g/mol. The number of hydrogen-bond donors (Lipinski definition) is 2. The lowest BCUT2D eigenvalue weighted by molar-refractivity contribution is -0.152. The summed E-state index contributed by atoms with van der Waals surface area (Å²) in [5.74, 6) is -0.546. The Morgan fingerprint density at radius 2 is 2.04 bits per heavy atom. The van der Waals surface area contributed by atoms with Gasteiger partial charge in [-0.2, -0.15) is 0 Å². The molecular formula is C16H20BrNO5. The summed E-state index contributed by atoms with van der Waals surface area (Å²) in [6, 6.07) is 6.23. The highest BCUT2D eigenvalue weighted by molar-refractivity contribution is 9.10. The fourth-order valence-corrected chi connectivity index (χ4v) is 3.34. The number of carbonyl (C=O) groups is 2. The number of halogens is 1. The predicted octanol–water partition coefficient (Wildman–Crippen LogP) is 2.73. The maximum absolute atomic E-state index is 12.0. The fraction of sp³-hybridized carbons (Fsp3) is 0.500. The van der Waals surface area contributed by atoms with E-state index in [0.717, 1.165) is 4.47 Å². The molecule has 23 heavy (non-hydrogen) atoms. The number of nitrogens with zero attached hydrogens (tertiary/aromatic N) is 1. The molecule has 0 aliphatic carbocycles. The van der Waals surface area contributed by atoms with Gasteiger partial charge in [0.1, 0.15) is 5.60 Å². The van der Waals surface area contributed by atoms with Crippen LogP contribution in [0.5, 0.6) is 0 Å². The number of amides is 1. The van der Waals surface area contributed by atoms with Crippen molar-refractivity contribution in [2.45, 2.75) is 37.8 Å². The van der Waals surface area contributed by atoms with Crippen molar-refractivity contribution < 1.29 is 24.5 Å². The van der Waals surface area contributed by atoms with E-state index in [1.165, 1.54) is 4.90 Å². The second-order valence-electron chi connectivity index (χ2n) is 5.55. The van der Waals surface area contributed by atoms with Crippen molar-refractivity contribution in [2.75, 3.05) is 13.2 Å². The zero-order chi connectivity index (χ0) is 17.0. The third-order valence-electron chi connectivity index (χ3n) is 4.11. The summed E-state index contributed by atoms with van der Waals surface area (Å²) in [7, 11) is 0. The van der Waals surface area contributed by atoms with E-state index >= 15 is 0 Å². The summed E-state index contributed by atoms with van der Waals surface area (Å²) in [4.78, 5) is 24.6. The molecule has 1 fully saturated rings. The van der Waals surface area contributed by atoms with E-state index in [1.807, 2.05) is 0 Å². The molecule has 1 aromatic rings. The zero-order valence-corrected chi connectivity index (χ0v) is 14.5. The molecule has 0 radical (unpaired) electrons. The number of likely N-dealkylation sites (tertiary alicyclic amines) is 1. The third kappa shape index (κ3) is 3.84. The van der Waals surface area contributed by atoms with E-state index in [4.69, 9.17) is 4.74 Å². The normalized spacial score (nSPS) is 20.1. The Labute approximate surface area is 143 Å². The number of esters is 1. The van der Waals surface area contributed by atoms with Gasteiger partial charge < -0.3 is 19.8 Å². The monoisotopic (exact) mass is 385 g/mol. The Morgan fingerprint density at radius 1 is 1.39 bits per heavy atom. The molecule has 1 aliphatic heterocycles. The van der Waals surface area contributed by atoms with Crippen LogP contribution in [0.2, 0.25) is 0 Å². The fourth-order valence-electron chi connectivity index (χ4n) is 3.08. The van der Waals surface area contributed by atoms with E-state index in [9.17, 15) is 19.8 Å². The predicted molar refractivity (Wildman–Crippen MR) is 87.0 cm³/mol. The molecule has 2 atom stereocenters. The van der Waals surface area contributed by atoms with Gasteiger partial charge >= 0.3 is 12.1 Å². The van der Waals surface area contributed by atoms with Crippen molar-refractivity contribution in [3.8, 4) is 0 Å². The first kappa shape index (κ1) is 17.7. The van der Waals surface area contributed by atoms with Gasteiger partial charge in [-0.05, 0) is 37.5 Å². The van der Waals surface area contributed by atoms with Gasteiger partial charge in [-0.15, -0.1) is 0 Å². The van der Waals surface area contributed by atoms with E-state index in [2.05, 4.69) is 15.9 Å². The number of rotatable bonds is 5. The van der Waals surface area contributed by atoms with Crippen LogP contribution in [0.3, 0.4) is 0 Å². The minimum Gasteiger partial charge on any atom is -0.466 e. The van der Waals surface area contributed by atoms with Gasteiger partial charge in [0.25, 0.3) is 0 Å². The molecule has 1 heterocycles. The summed E-state index contributed by atoms with van der Waals surface area (Å²) < 4.78 is 5.80. The number of carbonyl (C=O) groups excluding carboxylic acids is 1. The number of aliphatic hydroxyl groups is 1. The lowest BCUT2D eigenvalue weighted by Gasteiger charge is -2.37. The summed E-state index contributed by atoms with van der Waals surface area (Å²) in [6.07, 6.45) is -0.222. The molecule has 0 spiro atoms. The van der Waals surface area contributed by atoms with Crippen molar-refractivity contribution in [3.63, 3.8) is 0 Å². The standard InChI is InChI=1S/C16H20BrNO5/c1-2-23-14(19)10-16(22,11-5-7-12(17)8-6-11)13-4-3-9-18(13)15(20)21/h5-8,13,22H,2-4,9-10H2,1H3,(H,20,21). The highest BCUT2D eigenvalue weighted by Crippen LogP contribution is 2.38. The van der Waals surface area contributed by atoms with Crippen LogP contribution in [0.1, 0.15) is 31.7 Å². The molecule has 0 aromatic heterocycles. The number of hydrogen-bond acceptors (Lipinski definition) is 4. The van der Waals surface area contributed by atoms with Gasteiger partial charge in [-0.25, -0.2) is 4.79 Å². The Morgan fingerprint density at radius 3 is 2.61 bits per heavy atom. The first-order chi connectivity index (χ1) is 10.9. The van der Waals surface area contributed by atoms with Gasteiger partial charge in [0, 0.05) is 11.0 Å². The van der Waals surface area contributed by atoms with E-state index in [0.29, 0.717) is 24.9 Å². The van der Waals surface area contributed by atoms with E-state index < -0.39 is 23.7 Å². The summed E-state index contributed by atoms with van der Waals surface area (Å²) >= 11 is 3.33. The topological polar surface area (TPSA) is 87.1 Å². The molecule has 0 bridgehead atoms. The van der Waals surface area contributed by atoms with Gasteiger partial charge in [-0.1, -0.05) is 28.1 Å². The molecule has 2 N–H and O–H groups in total. The molecule has 1 aliphatic rings. The Kier molecular flexibility index (Phi) is 5.64. The van der Waals surface area contributed by atoms with E-state index in [-0.39, 0.29) is 13.0 Å². The second kappa shape index (κ2) is 7.31. The first-order valence-corrected chi connectivity index (χ1v) is 8.31. The Hall–Kier alpha value is -1.60. The lowest BCUT2D eigenvalue weighted by atomic mass is 9.82. The largest absolute Gasteiger partial charge is 0.466 e. The molecule has 0 saturated carbocycles. The molecule has 1 aromatic carbocycles. The van der Waals surface area contributed by atoms with Crippen LogP contribution in [0.15, 0.2) is 28.7 Å². The number of carboxylic acid groups (broad SMARTS) is 1. The van der Waals surface area contributed by atoms with Crippen LogP contribution in [0, 0.1) is 0 Å². The van der Waals surface area contributed by atoms with Crippen molar-refractivity contribution in [3.05, 3.63) is 34.3 Å². The molecule has 1 saturated heterocycles. The third-order valence-corrected chi connectivity index (χ3v) is 4.64. The smallest absolute Gasteiger partial charge is 0.407 e. The van der Waals surface area contributed by atoms with Gasteiger partial charge in [-0.3, -0.25) is 4.79 Å². The first-order valence-electron chi connectivity index (χ1n) is 7.52. The zero-order valence-electron chi connectivity index (χ0n) is 12.9. The van der Waals surface area contributed by atoms with Crippen LogP contribution in [-0.4, -0.2) is 46.4 Å². The number of benzene rings is 1. The minimum absolute atomic E-state index is 0.211. The second-order valence-corrected chi connectivity index (χ2v) is 6.46. The summed E-state index contributed by atoms with van der Waals surface area (Å²) in [5, 5.41) is 20.6. The molecule has 2 rings (SSSR count). The Balaban J connectivity index is 2.39. The van der Waals surface area contributed by atoms with Crippen LogP contribution < -0.4 is 0 Å². The quantitative estimate of drug-likeness (QED) is 0.760. The molecule has 126 valence electrons. The van der Waals surface area contributed by atoms with Crippen LogP contribution in [0.25, 0.3) is 0 Å². The van der Waals surface area contributed by atoms with Crippen LogP contribution >= 0.6 is 15.9 Å². The number of ether oxygens (including phenoxy) is 1. The molecule has 1 amide bonds. The minimum atomic E-state index is -1.61. The van der Waals surface area contributed by atoms with Crippen molar-refractivity contribution in [1.82, 2.24) is 4.90 Å². The summed E-state index contributed by atoms with van der Waals surface area (Å²) in [5.41, 5.74) is -1.10. The highest BCUT2D eigenvalue weighted by Gasteiger charge is 2.47. The summed E-state index contributed by atoms with van der Waals surface area (Å²) in [6.45, 7) is 2.25. The molecule has 6 nitrogen and oxygen atoms in total. The van der Waals surface area contributed by atoms with E-state index in [1.54, 1.807) is 31.2 Å². The SMILES string of the molecule is CCOC(=O)CC(O)(c1ccc(Br)cc1)C1CCCN1C(=O)O. The Bertz CT molecular complexity index is 576. The average molecular weight is 386 g/mol. The van der Waals surface area contributed by atoms with Crippen LogP contribution in [-0.2, 0) is 15.1 Å². The maximum atomic E-state index is 12.0. The van der Waals surface area contributed by atoms with Crippen molar-refractivity contribution >= 4 is 28.0 Å². The lowest BCUT2D eigenvalue weighted by Crippen LogP contribution is -2.50. The van der Waals surface area contributed by atoms with Gasteiger partial charge in [0.15, 0.2) is 0 Å². The molecule has 2 unspecified atom stereocenters. The van der Waals surface area contributed by atoms with Crippen LogP contribution in [0.4, 0.5) is 4.79 Å². The highest BCUT2D eigenvalue weighted by atomic mass is 79.9.